The molecule has 0 heterocycles. The number of rotatable bonds is 14. The third-order valence-electron chi connectivity index (χ3n) is 3.41. The lowest BCUT2D eigenvalue weighted by molar-refractivity contribution is -0.0148. The lowest BCUT2D eigenvalue weighted by Gasteiger charge is -2.21. The summed E-state index contributed by atoms with van der Waals surface area (Å²) in [4.78, 5) is 0. The maximum atomic E-state index is 6.03. The zero-order chi connectivity index (χ0) is 14.3. The minimum atomic E-state index is 0.330. The van der Waals surface area contributed by atoms with Crippen molar-refractivity contribution in [3.63, 3.8) is 0 Å². The van der Waals surface area contributed by atoms with E-state index in [4.69, 9.17) is 9.47 Å². The van der Waals surface area contributed by atoms with Crippen LogP contribution < -0.4 is 0 Å². The molecule has 0 saturated heterocycles. The van der Waals surface area contributed by atoms with E-state index in [9.17, 15) is 0 Å². The Kier molecular flexibility index (Phi) is 14.3. The van der Waals surface area contributed by atoms with Crippen molar-refractivity contribution in [2.24, 2.45) is 0 Å². The van der Waals surface area contributed by atoms with Crippen molar-refractivity contribution in [1.29, 1.82) is 0 Å². The Bertz CT molecular complexity index is 171. The topological polar surface area (TPSA) is 18.5 Å². The van der Waals surface area contributed by atoms with Crippen molar-refractivity contribution in [1.82, 2.24) is 0 Å². The van der Waals surface area contributed by atoms with Crippen molar-refractivity contribution < 1.29 is 9.47 Å². The van der Waals surface area contributed by atoms with E-state index in [0.717, 1.165) is 32.5 Å². The average Bonchev–Trinajstić information content (AvgIpc) is 2.40. The fourth-order valence-electron chi connectivity index (χ4n) is 2.30. The summed E-state index contributed by atoms with van der Waals surface area (Å²) in [5.41, 5.74) is 0. The summed E-state index contributed by atoms with van der Waals surface area (Å²) in [6, 6.07) is 0. The van der Waals surface area contributed by atoms with Gasteiger partial charge in [0.2, 0.25) is 0 Å². The molecule has 0 saturated carbocycles. The van der Waals surface area contributed by atoms with E-state index in [1.165, 1.54) is 38.5 Å². The van der Waals surface area contributed by atoms with Gasteiger partial charge in [-0.05, 0) is 32.6 Å². The predicted molar refractivity (Wildman–Crippen MR) is 83.7 cm³/mol. The Morgan fingerprint density at radius 2 is 1.47 bits per heavy atom. The Balaban J connectivity index is 3.66. The number of hydrogen-bond donors (Lipinski definition) is 0. The van der Waals surface area contributed by atoms with Gasteiger partial charge < -0.3 is 9.47 Å². The van der Waals surface area contributed by atoms with E-state index in [2.05, 4.69) is 27.7 Å². The highest BCUT2D eigenvalue weighted by Gasteiger charge is 2.13. The molecule has 0 aliphatic carbocycles. The van der Waals surface area contributed by atoms with Gasteiger partial charge in [0, 0.05) is 13.2 Å². The molecule has 0 aliphatic rings. The first-order valence-corrected chi connectivity index (χ1v) is 8.47. The molecule has 0 spiro atoms. The van der Waals surface area contributed by atoms with E-state index in [-0.39, 0.29) is 0 Å². The number of ether oxygens (including phenoxy) is 2. The van der Waals surface area contributed by atoms with E-state index in [1.54, 1.807) is 0 Å². The molecule has 2 atom stereocenters. The van der Waals surface area contributed by atoms with E-state index < -0.39 is 0 Å². The molecule has 0 bridgehead atoms. The normalized spacial score (nSPS) is 14.5. The molecule has 2 unspecified atom stereocenters. The Morgan fingerprint density at radius 3 is 2.11 bits per heavy atom. The molecular weight excluding hydrogens is 236 g/mol. The van der Waals surface area contributed by atoms with Crippen LogP contribution in [0.4, 0.5) is 0 Å². The number of hydrogen-bond acceptors (Lipinski definition) is 2. The molecule has 0 fully saturated rings. The molecule has 0 amide bonds. The van der Waals surface area contributed by atoms with Crippen LogP contribution in [0.1, 0.15) is 85.5 Å². The first-order valence-electron chi connectivity index (χ1n) is 8.47. The highest BCUT2D eigenvalue weighted by Crippen LogP contribution is 2.13. The van der Waals surface area contributed by atoms with Gasteiger partial charge in [-0.2, -0.15) is 0 Å². The van der Waals surface area contributed by atoms with Gasteiger partial charge in [0.1, 0.15) is 0 Å². The van der Waals surface area contributed by atoms with Crippen LogP contribution in [0.5, 0.6) is 0 Å². The highest BCUT2D eigenvalue weighted by atomic mass is 16.5. The van der Waals surface area contributed by atoms with Gasteiger partial charge in [0.25, 0.3) is 0 Å². The molecule has 0 aromatic heterocycles. The van der Waals surface area contributed by atoms with Crippen LogP contribution in [0.3, 0.4) is 0 Å². The first-order chi connectivity index (χ1) is 9.24. The average molecular weight is 272 g/mol. The Morgan fingerprint density at radius 1 is 0.737 bits per heavy atom. The molecule has 2 heteroatoms. The van der Waals surface area contributed by atoms with Crippen molar-refractivity contribution in [3.05, 3.63) is 0 Å². The highest BCUT2D eigenvalue weighted by molar-refractivity contribution is 4.63. The molecule has 0 N–H and O–H groups in total. The molecule has 19 heavy (non-hydrogen) atoms. The maximum absolute atomic E-state index is 6.03. The number of unbranched alkanes of at least 4 members (excludes halogenated alkanes) is 4. The molecule has 2 nitrogen and oxygen atoms in total. The summed E-state index contributed by atoms with van der Waals surface area (Å²) in [6.07, 6.45) is 11.8. The monoisotopic (exact) mass is 272 g/mol. The molecular formula is C17H36O2. The van der Waals surface area contributed by atoms with Gasteiger partial charge >= 0.3 is 0 Å². The van der Waals surface area contributed by atoms with E-state index in [0.29, 0.717) is 12.2 Å². The summed E-state index contributed by atoms with van der Waals surface area (Å²) >= 11 is 0. The fourth-order valence-corrected chi connectivity index (χ4v) is 2.30. The van der Waals surface area contributed by atoms with Gasteiger partial charge in [-0.1, -0.05) is 52.9 Å². The minimum Gasteiger partial charge on any atom is -0.378 e. The second-order valence-corrected chi connectivity index (χ2v) is 5.61. The smallest absolute Gasteiger partial charge is 0.0599 e. The van der Waals surface area contributed by atoms with Crippen LogP contribution >= 0.6 is 0 Å². The van der Waals surface area contributed by atoms with Gasteiger partial charge in [-0.15, -0.1) is 0 Å². The first kappa shape index (κ1) is 18.9. The predicted octanol–water partition coefficient (Wildman–Crippen LogP) is 5.35. The SMILES string of the molecule is CCCCCCCOC(CCC)CC(C)OCCC. The lowest BCUT2D eigenvalue weighted by Crippen LogP contribution is -2.22. The third kappa shape index (κ3) is 12.7. The lowest BCUT2D eigenvalue weighted by atomic mass is 10.1. The second-order valence-electron chi connectivity index (χ2n) is 5.61. The van der Waals surface area contributed by atoms with Gasteiger partial charge in [0.05, 0.1) is 12.2 Å². The zero-order valence-electron chi connectivity index (χ0n) is 13.7. The maximum Gasteiger partial charge on any atom is 0.0599 e. The van der Waals surface area contributed by atoms with Crippen LogP contribution in [-0.4, -0.2) is 25.4 Å². The summed E-state index contributed by atoms with van der Waals surface area (Å²) < 4.78 is 11.8. The van der Waals surface area contributed by atoms with Crippen LogP contribution in [0, 0.1) is 0 Å². The van der Waals surface area contributed by atoms with Gasteiger partial charge in [-0.3, -0.25) is 0 Å². The molecule has 0 rings (SSSR count). The van der Waals surface area contributed by atoms with Gasteiger partial charge in [-0.25, -0.2) is 0 Å². The standard InChI is InChI=1S/C17H36O2/c1-5-8-9-10-11-14-19-17(12-6-2)15-16(4)18-13-7-3/h16-17H,5-15H2,1-4H3. The van der Waals surface area contributed by atoms with E-state index in [1.807, 2.05) is 0 Å². The van der Waals surface area contributed by atoms with Crippen LogP contribution in [0.2, 0.25) is 0 Å². The summed E-state index contributed by atoms with van der Waals surface area (Å²) in [5.74, 6) is 0. The molecule has 0 aliphatic heterocycles. The van der Waals surface area contributed by atoms with E-state index >= 15 is 0 Å². The molecule has 0 aromatic rings. The van der Waals surface area contributed by atoms with Gasteiger partial charge in [0.15, 0.2) is 0 Å². The van der Waals surface area contributed by atoms with Crippen molar-refractivity contribution in [3.8, 4) is 0 Å². The summed E-state index contributed by atoms with van der Waals surface area (Å²) in [6.45, 7) is 10.6. The Hall–Kier alpha value is -0.0800. The molecule has 116 valence electrons. The second kappa shape index (κ2) is 14.3. The Labute approximate surface area is 121 Å². The van der Waals surface area contributed by atoms with Crippen LogP contribution in [0.25, 0.3) is 0 Å². The van der Waals surface area contributed by atoms with Crippen molar-refractivity contribution >= 4 is 0 Å². The third-order valence-corrected chi connectivity index (χ3v) is 3.41. The van der Waals surface area contributed by atoms with Crippen molar-refractivity contribution in [2.75, 3.05) is 13.2 Å². The van der Waals surface area contributed by atoms with Crippen LogP contribution in [-0.2, 0) is 9.47 Å². The zero-order valence-corrected chi connectivity index (χ0v) is 13.7. The quantitative estimate of drug-likeness (QED) is 0.397. The summed E-state index contributed by atoms with van der Waals surface area (Å²) in [7, 11) is 0. The molecule has 0 radical (unpaired) electrons. The summed E-state index contributed by atoms with van der Waals surface area (Å²) in [5, 5.41) is 0. The fraction of sp³-hybridized carbons (Fsp3) is 1.00. The molecule has 0 aromatic carbocycles. The minimum absolute atomic E-state index is 0.330. The van der Waals surface area contributed by atoms with Crippen molar-refractivity contribution in [2.45, 2.75) is 97.7 Å². The van der Waals surface area contributed by atoms with Crippen LogP contribution in [0.15, 0.2) is 0 Å². The largest absolute Gasteiger partial charge is 0.378 e.